The smallest absolute Gasteiger partial charge is 0.273 e. The van der Waals surface area contributed by atoms with Crippen LogP contribution in [0.5, 0.6) is 0 Å². The van der Waals surface area contributed by atoms with Crippen LogP contribution in [0.2, 0.25) is 0 Å². The summed E-state index contributed by atoms with van der Waals surface area (Å²) < 4.78 is 5.32. The number of ether oxygens (including phenoxy) is 1. The zero-order valence-corrected chi connectivity index (χ0v) is 14.8. The minimum absolute atomic E-state index is 0.0399. The molecular weight excluding hydrogens is 322 g/mol. The minimum atomic E-state index is -0.174. The van der Waals surface area contributed by atoms with E-state index in [1.807, 2.05) is 4.90 Å². The van der Waals surface area contributed by atoms with Crippen LogP contribution in [-0.2, 0) is 9.53 Å². The summed E-state index contributed by atoms with van der Waals surface area (Å²) in [5.41, 5.74) is 0.323. The number of piperidine rings is 1. The van der Waals surface area contributed by atoms with Crippen molar-refractivity contribution in [1.82, 2.24) is 19.8 Å². The molecule has 8 nitrogen and oxygen atoms in total. The first-order valence-electron chi connectivity index (χ1n) is 8.71. The number of aromatic nitrogens is 2. The predicted octanol–water partition coefficient (Wildman–Crippen LogP) is 0.254. The zero-order chi connectivity index (χ0) is 17.8. The van der Waals surface area contributed by atoms with E-state index in [0.717, 1.165) is 19.4 Å². The number of rotatable bonds is 3. The number of hydrogen-bond donors (Lipinski definition) is 0. The Labute approximate surface area is 147 Å². The maximum absolute atomic E-state index is 12.7. The summed E-state index contributed by atoms with van der Waals surface area (Å²) in [7, 11) is 3.38. The molecular formula is C17H25N5O3. The number of morpholine rings is 1. The van der Waals surface area contributed by atoms with Crippen LogP contribution in [0.25, 0.3) is 0 Å². The normalized spacial score (nSPS) is 21.1. The van der Waals surface area contributed by atoms with Crippen LogP contribution in [0, 0.1) is 5.92 Å². The Kier molecular flexibility index (Phi) is 5.47. The van der Waals surface area contributed by atoms with Gasteiger partial charge in [-0.05, 0) is 12.8 Å². The summed E-state index contributed by atoms with van der Waals surface area (Å²) in [5, 5.41) is 0. The zero-order valence-electron chi connectivity index (χ0n) is 14.8. The molecule has 2 aliphatic heterocycles. The van der Waals surface area contributed by atoms with Gasteiger partial charge in [0.25, 0.3) is 5.91 Å². The molecule has 8 heteroatoms. The van der Waals surface area contributed by atoms with Crippen LogP contribution in [0.1, 0.15) is 23.3 Å². The van der Waals surface area contributed by atoms with Gasteiger partial charge in [0.05, 0.1) is 31.5 Å². The molecule has 0 radical (unpaired) electrons. The first-order chi connectivity index (χ1) is 12.1. The van der Waals surface area contributed by atoms with Gasteiger partial charge >= 0.3 is 0 Å². The van der Waals surface area contributed by atoms with E-state index in [1.54, 1.807) is 20.3 Å². The molecule has 0 aromatic carbocycles. The molecule has 2 aliphatic rings. The quantitative estimate of drug-likeness (QED) is 0.780. The van der Waals surface area contributed by atoms with Crippen molar-refractivity contribution in [3.63, 3.8) is 0 Å². The Morgan fingerprint density at radius 3 is 2.68 bits per heavy atom. The third-order valence-electron chi connectivity index (χ3n) is 4.66. The van der Waals surface area contributed by atoms with Crippen molar-refractivity contribution >= 4 is 17.6 Å². The van der Waals surface area contributed by atoms with Crippen molar-refractivity contribution in [2.24, 2.45) is 5.92 Å². The summed E-state index contributed by atoms with van der Waals surface area (Å²) >= 11 is 0. The van der Waals surface area contributed by atoms with Gasteiger partial charge in [-0.3, -0.25) is 14.6 Å². The fourth-order valence-electron chi connectivity index (χ4n) is 3.27. The standard InChI is InChI=1S/C17H25N5O3/c1-20(2)17(24)14-10-18-11-15(19-14)22-5-3-4-13(12-22)16(23)21-6-8-25-9-7-21/h10-11,13H,3-9,12H2,1-2H3. The number of carbonyl (C=O) groups excluding carboxylic acids is 2. The molecule has 2 amide bonds. The van der Waals surface area contributed by atoms with Crippen LogP contribution < -0.4 is 4.90 Å². The Balaban J connectivity index is 1.69. The second-order valence-corrected chi connectivity index (χ2v) is 6.68. The van der Waals surface area contributed by atoms with Crippen LogP contribution in [0.15, 0.2) is 12.4 Å². The molecule has 1 aromatic heterocycles. The number of hydrogen-bond acceptors (Lipinski definition) is 6. The molecule has 1 unspecified atom stereocenters. The second-order valence-electron chi connectivity index (χ2n) is 6.68. The molecule has 0 saturated carbocycles. The minimum Gasteiger partial charge on any atom is -0.378 e. The predicted molar refractivity (Wildman–Crippen MR) is 92.4 cm³/mol. The Hall–Kier alpha value is -2.22. The van der Waals surface area contributed by atoms with Crippen molar-refractivity contribution in [3.05, 3.63) is 18.1 Å². The number of anilines is 1. The number of nitrogens with zero attached hydrogens (tertiary/aromatic N) is 5. The molecule has 25 heavy (non-hydrogen) atoms. The first-order valence-corrected chi connectivity index (χ1v) is 8.71. The molecule has 2 saturated heterocycles. The summed E-state index contributed by atoms with van der Waals surface area (Å²) in [6.45, 7) is 4.00. The highest BCUT2D eigenvalue weighted by Gasteiger charge is 2.31. The third kappa shape index (κ3) is 4.07. The van der Waals surface area contributed by atoms with Gasteiger partial charge in [0.15, 0.2) is 0 Å². The summed E-state index contributed by atoms with van der Waals surface area (Å²) in [6.07, 6.45) is 4.95. The number of carbonyl (C=O) groups is 2. The lowest BCUT2D eigenvalue weighted by Gasteiger charge is -2.36. The highest BCUT2D eigenvalue weighted by Crippen LogP contribution is 2.23. The summed E-state index contributed by atoms with van der Waals surface area (Å²) in [5.74, 6) is 0.641. The average Bonchev–Trinajstić information content (AvgIpc) is 2.67. The van der Waals surface area contributed by atoms with Gasteiger partial charge in [-0.15, -0.1) is 0 Å². The van der Waals surface area contributed by atoms with Gasteiger partial charge in [0.2, 0.25) is 5.91 Å². The van der Waals surface area contributed by atoms with Crippen LogP contribution in [0.4, 0.5) is 5.82 Å². The van der Waals surface area contributed by atoms with Gasteiger partial charge in [-0.1, -0.05) is 0 Å². The maximum atomic E-state index is 12.7. The van der Waals surface area contributed by atoms with Crippen molar-refractivity contribution in [2.75, 3.05) is 58.4 Å². The van der Waals surface area contributed by atoms with E-state index in [2.05, 4.69) is 14.9 Å². The Morgan fingerprint density at radius 2 is 1.96 bits per heavy atom. The molecule has 0 aliphatic carbocycles. The van der Waals surface area contributed by atoms with E-state index in [4.69, 9.17) is 4.74 Å². The molecule has 3 rings (SSSR count). The van der Waals surface area contributed by atoms with Gasteiger partial charge in [-0.2, -0.15) is 0 Å². The van der Waals surface area contributed by atoms with E-state index < -0.39 is 0 Å². The van der Waals surface area contributed by atoms with E-state index >= 15 is 0 Å². The largest absolute Gasteiger partial charge is 0.378 e. The molecule has 1 aromatic rings. The maximum Gasteiger partial charge on any atom is 0.273 e. The van der Waals surface area contributed by atoms with Gasteiger partial charge in [0.1, 0.15) is 11.5 Å². The van der Waals surface area contributed by atoms with E-state index in [0.29, 0.717) is 44.4 Å². The molecule has 0 spiro atoms. The molecule has 136 valence electrons. The molecule has 1 atom stereocenters. The molecule has 3 heterocycles. The van der Waals surface area contributed by atoms with Crippen molar-refractivity contribution in [1.29, 1.82) is 0 Å². The van der Waals surface area contributed by atoms with Gasteiger partial charge in [-0.25, -0.2) is 4.98 Å². The van der Waals surface area contributed by atoms with Crippen LogP contribution in [-0.4, -0.2) is 85.1 Å². The lowest BCUT2D eigenvalue weighted by atomic mass is 9.96. The Bertz CT molecular complexity index is 630. The number of amides is 2. The van der Waals surface area contributed by atoms with Crippen LogP contribution in [0.3, 0.4) is 0 Å². The lowest BCUT2D eigenvalue weighted by Crippen LogP contribution is -2.48. The monoisotopic (exact) mass is 347 g/mol. The van der Waals surface area contributed by atoms with Crippen molar-refractivity contribution in [2.45, 2.75) is 12.8 Å². The van der Waals surface area contributed by atoms with Crippen LogP contribution >= 0.6 is 0 Å². The molecule has 0 bridgehead atoms. The molecule has 0 N–H and O–H groups in total. The van der Waals surface area contributed by atoms with E-state index in [-0.39, 0.29) is 17.7 Å². The van der Waals surface area contributed by atoms with Crippen molar-refractivity contribution < 1.29 is 14.3 Å². The van der Waals surface area contributed by atoms with E-state index in [1.165, 1.54) is 11.1 Å². The highest BCUT2D eigenvalue weighted by atomic mass is 16.5. The fourth-order valence-corrected chi connectivity index (χ4v) is 3.27. The van der Waals surface area contributed by atoms with E-state index in [9.17, 15) is 9.59 Å². The van der Waals surface area contributed by atoms with Gasteiger partial charge in [0, 0.05) is 40.3 Å². The van der Waals surface area contributed by atoms with Crippen molar-refractivity contribution in [3.8, 4) is 0 Å². The SMILES string of the molecule is CN(C)C(=O)c1cncc(N2CCCC(C(=O)N3CCOCC3)C2)n1. The Morgan fingerprint density at radius 1 is 1.20 bits per heavy atom. The third-order valence-corrected chi connectivity index (χ3v) is 4.66. The highest BCUT2D eigenvalue weighted by molar-refractivity contribution is 5.92. The molecule has 2 fully saturated rings. The first kappa shape index (κ1) is 17.6. The summed E-state index contributed by atoms with van der Waals surface area (Å²) in [6, 6.07) is 0. The second kappa shape index (κ2) is 7.77. The fraction of sp³-hybridized carbons (Fsp3) is 0.647. The lowest BCUT2D eigenvalue weighted by molar-refractivity contribution is -0.139. The average molecular weight is 347 g/mol. The topological polar surface area (TPSA) is 78.9 Å². The van der Waals surface area contributed by atoms with Gasteiger partial charge < -0.3 is 19.4 Å². The summed E-state index contributed by atoms with van der Waals surface area (Å²) in [4.78, 5) is 38.9.